The number of nitro benzene ring substituents is 1. The number of nitro groups is 1. The van der Waals surface area contributed by atoms with Crippen molar-refractivity contribution in [1.82, 2.24) is 0 Å². The fourth-order valence-electron chi connectivity index (χ4n) is 3.78. The predicted octanol–water partition coefficient (Wildman–Crippen LogP) is 3.53. The van der Waals surface area contributed by atoms with Gasteiger partial charge in [0.05, 0.1) is 25.1 Å². The number of anilines is 1. The number of carbonyl (C=O) groups excluding carboxylic acids is 1. The van der Waals surface area contributed by atoms with Gasteiger partial charge in [0.2, 0.25) is 0 Å². The molecule has 1 heterocycles. The summed E-state index contributed by atoms with van der Waals surface area (Å²) in [5.41, 5.74) is 1.37. The van der Waals surface area contributed by atoms with E-state index in [-0.39, 0.29) is 41.6 Å². The Kier molecular flexibility index (Phi) is 8.85. The van der Waals surface area contributed by atoms with Crippen molar-refractivity contribution in [3.05, 3.63) is 33.9 Å². The first-order valence-corrected chi connectivity index (χ1v) is 10.1. The Hall–Kier alpha value is -2.19. The molecule has 1 aromatic carbocycles. The van der Waals surface area contributed by atoms with Crippen LogP contribution in [0.4, 0.5) is 11.4 Å². The van der Waals surface area contributed by atoms with Crippen LogP contribution < -0.4 is 4.90 Å². The third-order valence-corrected chi connectivity index (χ3v) is 5.18. The summed E-state index contributed by atoms with van der Waals surface area (Å²) in [6.07, 6.45) is 1.80. The monoisotopic (exact) mass is 408 g/mol. The molecular weight excluding hydrogens is 376 g/mol. The van der Waals surface area contributed by atoms with Crippen LogP contribution in [0.15, 0.2) is 18.2 Å². The molecule has 0 aromatic heterocycles. The standard InChI is InChI=1S/C21H32N2O6/c1-15(2)13-22(18-7-9-29-10-8-18)19-6-5-16(11-20(19)23(25)26)17(14-27-3)12-21(24)28-4/h5-6,11,15,17-18H,7-10,12-14H2,1-4H3. The highest BCUT2D eigenvalue weighted by molar-refractivity contribution is 5.71. The zero-order chi connectivity index (χ0) is 21.4. The van der Waals surface area contributed by atoms with Crippen LogP contribution in [0.2, 0.25) is 0 Å². The topological polar surface area (TPSA) is 91.1 Å². The number of nitrogens with zero attached hydrogens (tertiary/aromatic N) is 2. The Labute approximate surface area is 172 Å². The molecule has 0 radical (unpaired) electrons. The molecule has 1 unspecified atom stereocenters. The van der Waals surface area contributed by atoms with Crippen LogP contribution in [-0.2, 0) is 19.0 Å². The number of ether oxygens (including phenoxy) is 3. The van der Waals surface area contributed by atoms with Crippen molar-refractivity contribution in [1.29, 1.82) is 0 Å². The number of carbonyl (C=O) groups is 1. The molecular formula is C21H32N2O6. The maximum absolute atomic E-state index is 11.9. The van der Waals surface area contributed by atoms with E-state index in [1.807, 2.05) is 12.1 Å². The first kappa shape index (κ1) is 23.1. The van der Waals surface area contributed by atoms with E-state index in [0.717, 1.165) is 19.4 Å². The highest BCUT2D eigenvalue weighted by atomic mass is 16.6. The second-order valence-electron chi connectivity index (χ2n) is 7.83. The molecule has 0 saturated carbocycles. The van der Waals surface area contributed by atoms with Gasteiger partial charge in [0, 0.05) is 44.9 Å². The lowest BCUT2D eigenvalue weighted by molar-refractivity contribution is -0.384. The Morgan fingerprint density at radius 3 is 2.55 bits per heavy atom. The summed E-state index contributed by atoms with van der Waals surface area (Å²) >= 11 is 0. The minimum atomic E-state index is -0.373. The van der Waals surface area contributed by atoms with E-state index in [1.165, 1.54) is 7.11 Å². The fourth-order valence-corrected chi connectivity index (χ4v) is 3.78. The Balaban J connectivity index is 2.42. The van der Waals surface area contributed by atoms with E-state index >= 15 is 0 Å². The zero-order valence-corrected chi connectivity index (χ0v) is 17.8. The third kappa shape index (κ3) is 6.40. The lowest BCUT2D eigenvalue weighted by Crippen LogP contribution is -2.42. The molecule has 1 aliphatic rings. The normalized spacial score (nSPS) is 15.9. The molecule has 0 spiro atoms. The maximum atomic E-state index is 11.9. The fraction of sp³-hybridized carbons (Fsp3) is 0.667. The van der Waals surface area contributed by atoms with Gasteiger partial charge in [-0.05, 0) is 30.4 Å². The van der Waals surface area contributed by atoms with E-state index in [0.29, 0.717) is 30.4 Å². The van der Waals surface area contributed by atoms with Gasteiger partial charge in [-0.2, -0.15) is 0 Å². The van der Waals surface area contributed by atoms with Crippen LogP contribution in [-0.4, -0.2) is 57.5 Å². The number of hydrogen-bond acceptors (Lipinski definition) is 7. The molecule has 8 nitrogen and oxygen atoms in total. The first-order valence-electron chi connectivity index (χ1n) is 10.1. The van der Waals surface area contributed by atoms with Gasteiger partial charge >= 0.3 is 5.97 Å². The van der Waals surface area contributed by atoms with Crippen LogP contribution in [0.25, 0.3) is 0 Å². The summed E-state index contributed by atoms with van der Waals surface area (Å²) in [6.45, 7) is 6.56. The molecule has 8 heteroatoms. The highest BCUT2D eigenvalue weighted by Gasteiger charge is 2.29. The van der Waals surface area contributed by atoms with Crippen molar-refractivity contribution < 1.29 is 23.9 Å². The van der Waals surface area contributed by atoms with Crippen molar-refractivity contribution >= 4 is 17.3 Å². The third-order valence-electron chi connectivity index (χ3n) is 5.18. The van der Waals surface area contributed by atoms with Crippen molar-refractivity contribution in [2.45, 2.75) is 45.1 Å². The van der Waals surface area contributed by atoms with E-state index in [4.69, 9.17) is 14.2 Å². The van der Waals surface area contributed by atoms with Crippen LogP contribution >= 0.6 is 0 Å². The SMILES string of the molecule is COCC(CC(=O)OC)c1ccc(N(CC(C)C)C2CCOCC2)c([N+](=O)[O-])c1. The van der Waals surface area contributed by atoms with Crippen LogP contribution in [0.5, 0.6) is 0 Å². The molecule has 0 amide bonds. The van der Waals surface area contributed by atoms with Gasteiger partial charge in [0.15, 0.2) is 0 Å². The Morgan fingerprint density at radius 2 is 2.00 bits per heavy atom. The molecule has 0 bridgehead atoms. The van der Waals surface area contributed by atoms with Gasteiger partial charge in [-0.3, -0.25) is 14.9 Å². The van der Waals surface area contributed by atoms with Crippen LogP contribution in [0.3, 0.4) is 0 Å². The van der Waals surface area contributed by atoms with Gasteiger partial charge in [-0.15, -0.1) is 0 Å². The molecule has 2 rings (SSSR count). The highest BCUT2D eigenvalue weighted by Crippen LogP contribution is 2.36. The van der Waals surface area contributed by atoms with Crippen LogP contribution in [0, 0.1) is 16.0 Å². The second kappa shape index (κ2) is 11.1. The Bertz CT molecular complexity index is 688. The van der Waals surface area contributed by atoms with Gasteiger partial charge in [-0.1, -0.05) is 19.9 Å². The molecule has 1 aromatic rings. The molecule has 0 aliphatic carbocycles. The first-order chi connectivity index (χ1) is 13.9. The second-order valence-corrected chi connectivity index (χ2v) is 7.83. The predicted molar refractivity (Wildman–Crippen MR) is 110 cm³/mol. The molecule has 1 fully saturated rings. The largest absolute Gasteiger partial charge is 0.469 e. The summed E-state index contributed by atoms with van der Waals surface area (Å²) < 4.78 is 15.5. The number of hydrogen-bond donors (Lipinski definition) is 0. The lowest BCUT2D eigenvalue weighted by atomic mass is 9.94. The van der Waals surface area contributed by atoms with E-state index in [2.05, 4.69) is 18.7 Å². The number of benzene rings is 1. The number of esters is 1. The lowest BCUT2D eigenvalue weighted by Gasteiger charge is -2.37. The van der Waals surface area contributed by atoms with E-state index in [1.54, 1.807) is 13.2 Å². The van der Waals surface area contributed by atoms with Crippen molar-refractivity contribution in [2.75, 3.05) is 45.5 Å². The maximum Gasteiger partial charge on any atom is 0.306 e. The summed E-state index contributed by atoms with van der Waals surface area (Å²) in [4.78, 5) is 25.5. The molecule has 0 N–H and O–H groups in total. The van der Waals surface area contributed by atoms with Crippen molar-refractivity contribution in [2.24, 2.45) is 5.92 Å². The number of methoxy groups -OCH3 is 2. The molecule has 1 saturated heterocycles. The van der Waals surface area contributed by atoms with Gasteiger partial charge in [0.1, 0.15) is 5.69 Å². The minimum absolute atomic E-state index is 0.0561. The van der Waals surface area contributed by atoms with Gasteiger partial charge < -0.3 is 19.1 Å². The minimum Gasteiger partial charge on any atom is -0.469 e. The Morgan fingerprint density at radius 1 is 1.31 bits per heavy atom. The quantitative estimate of drug-likeness (QED) is 0.332. The van der Waals surface area contributed by atoms with Crippen LogP contribution in [0.1, 0.15) is 44.6 Å². The van der Waals surface area contributed by atoms with Gasteiger partial charge in [-0.25, -0.2) is 0 Å². The summed E-state index contributed by atoms with van der Waals surface area (Å²) in [5, 5.41) is 11.9. The van der Waals surface area contributed by atoms with Crippen molar-refractivity contribution in [3.63, 3.8) is 0 Å². The summed E-state index contributed by atoms with van der Waals surface area (Å²) in [5.74, 6) is -0.318. The average Bonchev–Trinajstić information content (AvgIpc) is 2.71. The smallest absolute Gasteiger partial charge is 0.306 e. The van der Waals surface area contributed by atoms with Gasteiger partial charge in [0.25, 0.3) is 5.69 Å². The summed E-state index contributed by atoms with van der Waals surface area (Å²) in [7, 11) is 2.87. The van der Waals surface area contributed by atoms with Crippen molar-refractivity contribution in [3.8, 4) is 0 Å². The molecule has 1 atom stereocenters. The number of rotatable bonds is 10. The zero-order valence-electron chi connectivity index (χ0n) is 17.8. The summed E-state index contributed by atoms with van der Waals surface area (Å²) in [6, 6.07) is 5.46. The average molecular weight is 408 g/mol. The van der Waals surface area contributed by atoms with E-state index < -0.39 is 0 Å². The molecule has 162 valence electrons. The molecule has 1 aliphatic heterocycles. The molecule has 29 heavy (non-hydrogen) atoms. The van der Waals surface area contributed by atoms with E-state index in [9.17, 15) is 14.9 Å².